The van der Waals surface area contributed by atoms with Crippen LogP contribution in [0.4, 0.5) is 5.82 Å². The molecule has 0 bridgehead atoms. The van der Waals surface area contributed by atoms with Gasteiger partial charge in [-0.2, -0.15) is 0 Å². The standard InChI is InChI=1S/C11H17N3.ClH/c1-9-7-10(2)11(13-8-9)14-5-3-12-4-6-14;/h7-8,12H,3-6H2,1-2H3;1H. The van der Waals surface area contributed by atoms with E-state index in [1.165, 1.54) is 11.1 Å². The smallest absolute Gasteiger partial charge is 0.131 e. The first-order valence-corrected chi connectivity index (χ1v) is 5.16. The molecule has 4 heteroatoms. The van der Waals surface area contributed by atoms with Gasteiger partial charge in [0.1, 0.15) is 5.82 Å². The SMILES string of the molecule is Cc1cnc(N2CCNCC2)c(C)c1.Cl. The first-order valence-electron chi connectivity index (χ1n) is 5.16. The highest BCUT2D eigenvalue weighted by Gasteiger charge is 2.13. The van der Waals surface area contributed by atoms with E-state index in [-0.39, 0.29) is 12.4 Å². The van der Waals surface area contributed by atoms with Crippen molar-refractivity contribution >= 4 is 18.2 Å². The molecule has 1 aliphatic rings. The fraction of sp³-hybridized carbons (Fsp3) is 0.545. The number of nitrogens with one attached hydrogen (secondary N) is 1. The summed E-state index contributed by atoms with van der Waals surface area (Å²) in [7, 11) is 0. The van der Waals surface area contributed by atoms with E-state index >= 15 is 0 Å². The number of anilines is 1. The van der Waals surface area contributed by atoms with E-state index in [1.54, 1.807) is 0 Å². The van der Waals surface area contributed by atoms with Crippen molar-refractivity contribution in [2.45, 2.75) is 13.8 Å². The van der Waals surface area contributed by atoms with E-state index in [9.17, 15) is 0 Å². The number of hydrogen-bond acceptors (Lipinski definition) is 3. The molecule has 2 rings (SSSR count). The van der Waals surface area contributed by atoms with E-state index in [1.807, 2.05) is 6.20 Å². The number of pyridine rings is 1. The molecule has 1 aromatic rings. The second-order valence-corrected chi connectivity index (χ2v) is 3.89. The van der Waals surface area contributed by atoms with Crippen molar-refractivity contribution in [3.63, 3.8) is 0 Å². The summed E-state index contributed by atoms with van der Waals surface area (Å²) in [5.74, 6) is 1.15. The van der Waals surface area contributed by atoms with Crippen molar-refractivity contribution in [2.24, 2.45) is 0 Å². The van der Waals surface area contributed by atoms with Gasteiger partial charge in [0.2, 0.25) is 0 Å². The number of piperazine rings is 1. The van der Waals surface area contributed by atoms with Crippen LogP contribution in [0.1, 0.15) is 11.1 Å². The third-order valence-electron chi connectivity index (χ3n) is 2.60. The van der Waals surface area contributed by atoms with Crippen molar-refractivity contribution in [3.8, 4) is 0 Å². The van der Waals surface area contributed by atoms with Gasteiger partial charge < -0.3 is 10.2 Å². The number of hydrogen-bond donors (Lipinski definition) is 1. The lowest BCUT2D eigenvalue weighted by atomic mass is 10.2. The van der Waals surface area contributed by atoms with Gasteiger partial charge in [0.05, 0.1) is 0 Å². The van der Waals surface area contributed by atoms with Gasteiger partial charge >= 0.3 is 0 Å². The lowest BCUT2D eigenvalue weighted by Crippen LogP contribution is -2.44. The van der Waals surface area contributed by atoms with Crippen LogP contribution >= 0.6 is 12.4 Å². The van der Waals surface area contributed by atoms with Crippen molar-refractivity contribution < 1.29 is 0 Å². The Hall–Kier alpha value is -0.800. The number of aromatic nitrogens is 1. The van der Waals surface area contributed by atoms with E-state index in [0.717, 1.165) is 32.0 Å². The van der Waals surface area contributed by atoms with Crippen LogP contribution in [0.5, 0.6) is 0 Å². The highest BCUT2D eigenvalue weighted by Crippen LogP contribution is 2.17. The molecule has 15 heavy (non-hydrogen) atoms. The van der Waals surface area contributed by atoms with Crippen LogP contribution in [0.3, 0.4) is 0 Å². The predicted octanol–water partition coefficient (Wildman–Crippen LogP) is 1.53. The molecule has 2 heterocycles. The van der Waals surface area contributed by atoms with Gasteiger partial charge in [-0.1, -0.05) is 6.07 Å². The van der Waals surface area contributed by atoms with Gasteiger partial charge in [-0.05, 0) is 25.0 Å². The molecule has 1 fully saturated rings. The van der Waals surface area contributed by atoms with E-state index in [2.05, 4.69) is 35.1 Å². The molecule has 0 aliphatic carbocycles. The molecule has 1 aliphatic heterocycles. The minimum Gasteiger partial charge on any atom is -0.354 e. The van der Waals surface area contributed by atoms with Gasteiger partial charge in [0.15, 0.2) is 0 Å². The van der Waals surface area contributed by atoms with Crippen molar-refractivity contribution in [3.05, 3.63) is 23.4 Å². The Labute approximate surface area is 97.3 Å². The number of rotatable bonds is 1. The number of nitrogens with zero attached hydrogens (tertiary/aromatic N) is 2. The average Bonchev–Trinajstić information content (AvgIpc) is 2.19. The number of halogens is 1. The Balaban J connectivity index is 0.00000112. The molecule has 84 valence electrons. The summed E-state index contributed by atoms with van der Waals surface area (Å²) in [6, 6.07) is 2.20. The fourth-order valence-electron chi connectivity index (χ4n) is 1.92. The normalized spacial score (nSPS) is 16.0. The maximum absolute atomic E-state index is 4.50. The molecule has 3 nitrogen and oxygen atoms in total. The summed E-state index contributed by atoms with van der Waals surface area (Å²) in [6.45, 7) is 8.48. The monoisotopic (exact) mass is 227 g/mol. The second kappa shape index (κ2) is 5.33. The van der Waals surface area contributed by atoms with Gasteiger partial charge in [0, 0.05) is 32.4 Å². The Morgan fingerprint density at radius 2 is 1.93 bits per heavy atom. The second-order valence-electron chi connectivity index (χ2n) is 3.89. The summed E-state index contributed by atoms with van der Waals surface area (Å²) in [4.78, 5) is 6.85. The zero-order valence-electron chi connectivity index (χ0n) is 9.29. The van der Waals surface area contributed by atoms with Crippen LogP contribution in [-0.2, 0) is 0 Å². The molecular formula is C11H18ClN3. The van der Waals surface area contributed by atoms with Crippen molar-refractivity contribution in [1.29, 1.82) is 0 Å². The van der Waals surface area contributed by atoms with Gasteiger partial charge in [-0.15, -0.1) is 12.4 Å². The Bertz CT molecular complexity index is 322. The van der Waals surface area contributed by atoms with Gasteiger partial charge in [0.25, 0.3) is 0 Å². The lowest BCUT2D eigenvalue weighted by Gasteiger charge is -2.29. The zero-order chi connectivity index (χ0) is 9.97. The lowest BCUT2D eigenvalue weighted by molar-refractivity contribution is 0.584. The van der Waals surface area contributed by atoms with Crippen LogP contribution in [-0.4, -0.2) is 31.2 Å². The Morgan fingerprint density at radius 1 is 1.27 bits per heavy atom. The molecule has 0 spiro atoms. The quantitative estimate of drug-likeness (QED) is 0.789. The fourth-order valence-corrected chi connectivity index (χ4v) is 1.92. The molecule has 0 atom stereocenters. The molecule has 0 unspecified atom stereocenters. The molecular weight excluding hydrogens is 210 g/mol. The van der Waals surface area contributed by atoms with Crippen LogP contribution in [0.2, 0.25) is 0 Å². The van der Waals surface area contributed by atoms with Gasteiger partial charge in [-0.25, -0.2) is 4.98 Å². The third kappa shape index (κ3) is 2.83. The summed E-state index contributed by atoms with van der Waals surface area (Å²) in [5.41, 5.74) is 2.52. The van der Waals surface area contributed by atoms with E-state index in [4.69, 9.17) is 0 Å². The summed E-state index contributed by atoms with van der Waals surface area (Å²) in [6.07, 6.45) is 1.95. The molecule has 0 amide bonds. The van der Waals surface area contributed by atoms with Crippen LogP contribution in [0.15, 0.2) is 12.3 Å². The van der Waals surface area contributed by atoms with E-state index in [0.29, 0.717) is 0 Å². The minimum absolute atomic E-state index is 0. The summed E-state index contributed by atoms with van der Waals surface area (Å²) < 4.78 is 0. The van der Waals surface area contributed by atoms with Crippen molar-refractivity contribution in [1.82, 2.24) is 10.3 Å². The third-order valence-corrected chi connectivity index (χ3v) is 2.60. The van der Waals surface area contributed by atoms with Crippen LogP contribution in [0, 0.1) is 13.8 Å². The summed E-state index contributed by atoms with van der Waals surface area (Å²) in [5, 5.41) is 3.35. The molecule has 1 saturated heterocycles. The highest BCUT2D eigenvalue weighted by molar-refractivity contribution is 5.85. The molecule has 1 aromatic heterocycles. The molecule has 0 radical (unpaired) electrons. The Kier molecular flexibility index (Phi) is 4.36. The number of aryl methyl sites for hydroxylation is 2. The minimum atomic E-state index is 0. The van der Waals surface area contributed by atoms with Crippen LogP contribution < -0.4 is 10.2 Å². The molecule has 0 aromatic carbocycles. The summed E-state index contributed by atoms with van der Waals surface area (Å²) >= 11 is 0. The highest BCUT2D eigenvalue weighted by atomic mass is 35.5. The zero-order valence-corrected chi connectivity index (χ0v) is 10.1. The topological polar surface area (TPSA) is 28.2 Å². The molecule has 1 N–H and O–H groups in total. The van der Waals surface area contributed by atoms with Crippen molar-refractivity contribution in [2.75, 3.05) is 31.1 Å². The van der Waals surface area contributed by atoms with E-state index < -0.39 is 0 Å². The largest absolute Gasteiger partial charge is 0.354 e. The van der Waals surface area contributed by atoms with Gasteiger partial charge in [-0.3, -0.25) is 0 Å². The van der Waals surface area contributed by atoms with Crippen LogP contribution in [0.25, 0.3) is 0 Å². The maximum atomic E-state index is 4.50. The first-order chi connectivity index (χ1) is 6.77. The first kappa shape index (κ1) is 12.3. The predicted molar refractivity (Wildman–Crippen MR) is 66.0 cm³/mol. The molecule has 0 saturated carbocycles. The maximum Gasteiger partial charge on any atom is 0.131 e. The average molecular weight is 228 g/mol. The Morgan fingerprint density at radius 3 is 2.53 bits per heavy atom.